The van der Waals surface area contributed by atoms with Crippen LogP contribution in [0.25, 0.3) is 18.2 Å². The van der Waals surface area contributed by atoms with E-state index in [1.165, 1.54) is 6.08 Å². The van der Waals surface area contributed by atoms with Gasteiger partial charge in [0.25, 0.3) is 0 Å². The Morgan fingerprint density at radius 1 is 0.812 bits per heavy atom. The monoisotopic (exact) mass is 431 g/mol. The molecular formula is C26H25NO5. The van der Waals surface area contributed by atoms with Crippen molar-refractivity contribution < 1.29 is 24.1 Å². The largest absolute Gasteiger partial charge is 0.507 e. The highest BCUT2D eigenvalue weighted by Crippen LogP contribution is 2.38. The van der Waals surface area contributed by atoms with Gasteiger partial charge in [-0.1, -0.05) is 42.5 Å². The number of amides is 1. The maximum Gasteiger partial charge on any atom is 0.248 e. The lowest BCUT2D eigenvalue weighted by molar-refractivity contribution is -0.111. The molecule has 0 atom stereocenters. The zero-order valence-electron chi connectivity index (χ0n) is 18.2. The number of anilines is 1. The average Bonchev–Trinajstić information content (AvgIpc) is 2.81. The van der Waals surface area contributed by atoms with E-state index in [2.05, 4.69) is 5.32 Å². The number of carbonyl (C=O) groups excluding carboxylic acids is 1. The Morgan fingerprint density at radius 2 is 1.50 bits per heavy atom. The number of rotatable bonds is 8. The van der Waals surface area contributed by atoms with Crippen LogP contribution in [0.3, 0.4) is 0 Å². The molecule has 0 fully saturated rings. The molecule has 6 nitrogen and oxygen atoms in total. The summed E-state index contributed by atoms with van der Waals surface area (Å²) in [6, 6.07) is 18.0. The molecule has 0 saturated heterocycles. The van der Waals surface area contributed by atoms with Gasteiger partial charge in [0.1, 0.15) is 5.75 Å². The van der Waals surface area contributed by atoms with Crippen molar-refractivity contribution in [3.63, 3.8) is 0 Å². The van der Waals surface area contributed by atoms with Gasteiger partial charge in [0, 0.05) is 17.3 Å². The molecule has 164 valence electrons. The maximum atomic E-state index is 12.3. The van der Waals surface area contributed by atoms with Gasteiger partial charge in [0.15, 0.2) is 11.5 Å². The van der Waals surface area contributed by atoms with E-state index >= 15 is 0 Å². The first-order valence-corrected chi connectivity index (χ1v) is 9.89. The van der Waals surface area contributed by atoms with E-state index in [4.69, 9.17) is 14.2 Å². The lowest BCUT2D eigenvalue weighted by Gasteiger charge is -2.12. The van der Waals surface area contributed by atoms with Crippen molar-refractivity contribution >= 4 is 29.8 Å². The number of phenols is 1. The van der Waals surface area contributed by atoms with Crippen LogP contribution in [0.2, 0.25) is 0 Å². The number of hydrogen-bond donors (Lipinski definition) is 2. The van der Waals surface area contributed by atoms with E-state index in [1.807, 2.05) is 48.6 Å². The number of phenolic OH excluding ortho intramolecular Hbond substituents is 1. The van der Waals surface area contributed by atoms with E-state index < -0.39 is 0 Å². The standard InChI is InChI=1S/C26H25NO5/c1-30-23-16-19(17-24(31-2)26(23)32-3)12-11-18-7-6-9-21(15-18)27-25(29)14-13-20-8-4-5-10-22(20)28/h4-17,28H,1-3H3,(H,27,29)/b12-11?,14-13+. The van der Waals surface area contributed by atoms with Gasteiger partial charge in [-0.15, -0.1) is 0 Å². The molecule has 2 N–H and O–H groups in total. The molecule has 0 aromatic heterocycles. The number of methoxy groups -OCH3 is 3. The van der Waals surface area contributed by atoms with Gasteiger partial charge in [-0.2, -0.15) is 0 Å². The van der Waals surface area contributed by atoms with Gasteiger partial charge < -0.3 is 24.6 Å². The van der Waals surface area contributed by atoms with Crippen LogP contribution in [0.5, 0.6) is 23.0 Å². The summed E-state index contributed by atoms with van der Waals surface area (Å²) >= 11 is 0. The highest BCUT2D eigenvalue weighted by molar-refractivity contribution is 6.02. The first-order valence-electron chi connectivity index (χ1n) is 9.89. The lowest BCUT2D eigenvalue weighted by Crippen LogP contribution is -2.07. The Bertz CT molecular complexity index is 1130. The average molecular weight is 431 g/mol. The highest BCUT2D eigenvalue weighted by atomic mass is 16.5. The molecule has 0 spiro atoms. The fourth-order valence-corrected chi connectivity index (χ4v) is 3.09. The van der Waals surface area contributed by atoms with E-state index in [9.17, 15) is 9.90 Å². The summed E-state index contributed by atoms with van der Waals surface area (Å²) < 4.78 is 16.1. The SMILES string of the molecule is COc1cc(C=Cc2cccc(NC(=O)/C=C/c3ccccc3O)c2)cc(OC)c1OC. The Morgan fingerprint density at radius 3 is 2.16 bits per heavy atom. The molecule has 1 amide bonds. The molecule has 0 aliphatic rings. The van der Waals surface area contributed by atoms with E-state index in [1.54, 1.807) is 51.7 Å². The minimum Gasteiger partial charge on any atom is -0.507 e. The van der Waals surface area contributed by atoms with Crippen molar-refractivity contribution in [2.24, 2.45) is 0 Å². The van der Waals surface area contributed by atoms with Crippen LogP contribution in [0.1, 0.15) is 16.7 Å². The van der Waals surface area contributed by atoms with Crippen LogP contribution in [-0.4, -0.2) is 32.3 Å². The number of para-hydroxylation sites is 1. The van der Waals surface area contributed by atoms with Gasteiger partial charge in [0.05, 0.1) is 21.3 Å². The third-order valence-electron chi connectivity index (χ3n) is 4.66. The Balaban J connectivity index is 1.73. The van der Waals surface area contributed by atoms with Gasteiger partial charge in [-0.05, 0) is 47.5 Å². The second-order valence-electron chi connectivity index (χ2n) is 6.80. The molecule has 6 heteroatoms. The molecule has 32 heavy (non-hydrogen) atoms. The smallest absolute Gasteiger partial charge is 0.248 e. The Hall–Kier alpha value is -4.19. The fourth-order valence-electron chi connectivity index (χ4n) is 3.09. The summed E-state index contributed by atoms with van der Waals surface area (Å²) in [5.74, 6) is 1.51. The summed E-state index contributed by atoms with van der Waals surface area (Å²) in [5, 5.41) is 12.6. The first-order chi connectivity index (χ1) is 15.5. The minimum absolute atomic E-state index is 0.121. The van der Waals surface area contributed by atoms with Gasteiger partial charge in [0.2, 0.25) is 11.7 Å². The molecule has 0 bridgehead atoms. The second kappa shape index (κ2) is 10.7. The molecule has 0 aliphatic heterocycles. The predicted octanol–water partition coefficient (Wildman–Crippen LogP) is 5.24. The van der Waals surface area contributed by atoms with E-state index in [-0.39, 0.29) is 11.7 Å². The predicted molar refractivity (Wildman–Crippen MR) is 127 cm³/mol. The normalized spacial score (nSPS) is 11.0. The van der Waals surface area contributed by atoms with Gasteiger partial charge >= 0.3 is 0 Å². The molecule has 0 unspecified atom stereocenters. The Kier molecular flexibility index (Phi) is 7.54. The van der Waals surface area contributed by atoms with Crippen LogP contribution < -0.4 is 19.5 Å². The molecule has 0 heterocycles. The van der Waals surface area contributed by atoms with Gasteiger partial charge in [-0.3, -0.25) is 4.79 Å². The quantitative estimate of drug-likeness (QED) is 0.377. The molecule has 0 aliphatic carbocycles. The summed E-state index contributed by atoms with van der Waals surface area (Å²) in [6.07, 6.45) is 6.80. The summed E-state index contributed by atoms with van der Waals surface area (Å²) in [5.41, 5.74) is 3.01. The molecule has 3 rings (SSSR count). The zero-order chi connectivity index (χ0) is 22.9. The number of aromatic hydroxyl groups is 1. The molecule has 3 aromatic carbocycles. The summed E-state index contributed by atoms with van der Waals surface area (Å²) in [4.78, 5) is 12.3. The minimum atomic E-state index is -0.293. The van der Waals surface area contributed by atoms with Crippen LogP contribution in [0, 0.1) is 0 Å². The number of hydrogen-bond acceptors (Lipinski definition) is 5. The molecule has 0 saturated carbocycles. The molecule has 3 aromatic rings. The maximum absolute atomic E-state index is 12.3. The van der Waals surface area contributed by atoms with Crippen molar-refractivity contribution in [1.82, 2.24) is 0 Å². The molecule has 0 radical (unpaired) electrons. The topological polar surface area (TPSA) is 77.0 Å². The van der Waals surface area contributed by atoms with Gasteiger partial charge in [-0.25, -0.2) is 0 Å². The van der Waals surface area contributed by atoms with Crippen LogP contribution >= 0.6 is 0 Å². The zero-order valence-corrected chi connectivity index (χ0v) is 18.2. The number of nitrogens with one attached hydrogen (secondary N) is 1. The third kappa shape index (κ3) is 5.70. The number of carbonyl (C=O) groups is 1. The number of benzene rings is 3. The van der Waals surface area contributed by atoms with Crippen molar-refractivity contribution in [2.75, 3.05) is 26.6 Å². The van der Waals surface area contributed by atoms with E-state index in [0.717, 1.165) is 11.1 Å². The second-order valence-corrected chi connectivity index (χ2v) is 6.80. The number of ether oxygens (including phenoxy) is 3. The van der Waals surface area contributed by atoms with Crippen LogP contribution in [0.15, 0.2) is 66.7 Å². The van der Waals surface area contributed by atoms with E-state index in [0.29, 0.717) is 28.5 Å². The lowest BCUT2D eigenvalue weighted by atomic mass is 10.1. The van der Waals surface area contributed by atoms with Crippen molar-refractivity contribution in [3.8, 4) is 23.0 Å². The summed E-state index contributed by atoms with van der Waals surface area (Å²) in [7, 11) is 4.71. The van der Waals surface area contributed by atoms with Crippen molar-refractivity contribution in [3.05, 3.63) is 83.4 Å². The van der Waals surface area contributed by atoms with Crippen molar-refractivity contribution in [1.29, 1.82) is 0 Å². The van der Waals surface area contributed by atoms with Crippen LogP contribution in [-0.2, 0) is 4.79 Å². The first kappa shape index (κ1) is 22.5. The third-order valence-corrected chi connectivity index (χ3v) is 4.66. The van der Waals surface area contributed by atoms with Crippen molar-refractivity contribution in [2.45, 2.75) is 0 Å². The fraction of sp³-hybridized carbons (Fsp3) is 0.115. The highest BCUT2D eigenvalue weighted by Gasteiger charge is 2.12. The van der Waals surface area contributed by atoms with Crippen LogP contribution in [0.4, 0.5) is 5.69 Å². The Labute approximate surface area is 187 Å². The summed E-state index contributed by atoms with van der Waals surface area (Å²) in [6.45, 7) is 0. The molecular weight excluding hydrogens is 406 g/mol.